The molecule has 0 aliphatic heterocycles. The molecule has 0 unspecified atom stereocenters. The Morgan fingerprint density at radius 1 is 1.03 bits per heavy atom. The van der Waals surface area contributed by atoms with Crippen molar-refractivity contribution in [2.45, 2.75) is 71.9 Å². The SMILES string of the molecule is CC(C)(C)C1CCC(Oc2ccc(-c3cccc(CNCCCC(=O)O)c3)cc2)CC1. The minimum atomic E-state index is -0.742. The zero-order valence-electron chi connectivity index (χ0n) is 19.2. The van der Waals surface area contributed by atoms with Crippen LogP contribution in [0.5, 0.6) is 5.75 Å². The molecule has 1 aliphatic carbocycles. The van der Waals surface area contributed by atoms with Crippen molar-refractivity contribution in [3.05, 3.63) is 54.1 Å². The highest BCUT2D eigenvalue weighted by Gasteiger charge is 2.30. The van der Waals surface area contributed by atoms with Gasteiger partial charge in [0.2, 0.25) is 0 Å². The smallest absolute Gasteiger partial charge is 0.303 e. The van der Waals surface area contributed by atoms with Crippen LogP contribution in [-0.2, 0) is 11.3 Å². The molecule has 31 heavy (non-hydrogen) atoms. The maximum atomic E-state index is 10.6. The maximum absolute atomic E-state index is 10.6. The molecule has 168 valence electrons. The lowest BCUT2D eigenvalue weighted by atomic mass is 9.72. The highest BCUT2D eigenvalue weighted by atomic mass is 16.5. The quantitative estimate of drug-likeness (QED) is 0.465. The molecule has 2 N–H and O–H groups in total. The first-order chi connectivity index (χ1) is 14.8. The van der Waals surface area contributed by atoms with Gasteiger partial charge in [-0.1, -0.05) is 51.1 Å². The summed E-state index contributed by atoms with van der Waals surface area (Å²) in [6, 6.07) is 16.9. The fourth-order valence-corrected chi connectivity index (χ4v) is 4.42. The first-order valence-corrected chi connectivity index (χ1v) is 11.6. The standard InChI is InChI=1S/C27H37NO3/c1-27(2,3)23-11-15-25(16-12-23)31-24-13-9-21(10-14-24)22-7-4-6-20(18-22)19-28-17-5-8-26(29)30/h4,6-7,9-10,13-14,18,23,25,28H,5,8,11-12,15-17,19H2,1-3H3,(H,29,30). The van der Waals surface area contributed by atoms with E-state index in [1.807, 2.05) is 0 Å². The Labute approximate surface area is 187 Å². The summed E-state index contributed by atoms with van der Waals surface area (Å²) in [5.41, 5.74) is 3.96. The molecule has 0 saturated heterocycles. The van der Waals surface area contributed by atoms with E-state index in [2.05, 4.69) is 74.6 Å². The molecule has 0 radical (unpaired) electrons. The summed E-state index contributed by atoms with van der Waals surface area (Å²) in [5, 5.41) is 12.0. The van der Waals surface area contributed by atoms with E-state index in [0.717, 1.165) is 31.1 Å². The summed E-state index contributed by atoms with van der Waals surface area (Å²) < 4.78 is 6.27. The average molecular weight is 424 g/mol. The number of hydrogen-bond acceptors (Lipinski definition) is 3. The van der Waals surface area contributed by atoms with Crippen molar-refractivity contribution in [1.82, 2.24) is 5.32 Å². The van der Waals surface area contributed by atoms with Gasteiger partial charge >= 0.3 is 5.97 Å². The average Bonchev–Trinajstić information content (AvgIpc) is 2.74. The van der Waals surface area contributed by atoms with E-state index in [0.29, 0.717) is 24.5 Å². The van der Waals surface area contributed by atoms with Crippen LogP contribution in [0.25, 0.3) is 11.1 Å². The Morgan fingerprint density at radius 3 is 2.39 bits per heavy atom. The molecule has 0 atom stereocenters. The molecule has 0 spiro atoms. The molecule has 1 fully saturated rings. The van der Waals surface area contributed by atoms with Crippen LogP contribution in [0, 0.1) is 11.3 Å². The van der Waals surface area contributed by atoms with Crippen LogP contribution in [-0.4, -0.2) is 23.7 Å². The van der Waals surface area contributed by atoms with Crippen LogP contribution in [0.2, 0.25) is 0 Å². The summed E-state index contributed by atoms with van der Waals surface area (Å²) in [6.07, 6.45) is 5.98. The molecule has 1 saturated carbocycles. The van der Waals surface area contributed by atoms with Gasteiger partial charge in [-0.2, -0.15) is 0 Å². The van der Waals surface area contributed by atoms with Crippen LogP contribution in [0.3, 0.4) is 0 Å². The van der Waals surface area contributed by atoms with Crippen LogP contribution in [0.1, 0.15) is 64.9 Å². The minimum absolute atomic E-state index is 0.208. The Kier molecular flexibility index (Phi) is 8.14. The molecule has 0 bridgehead atoms. The van der Waals surface area contributed by atoms with Crippen LogP contribution >= 0.6 is 0 Å². The first kappa shape index (κ1) is 23.3. The predicted octanol–water partition coefficient (Wildman–Crippen LogP) is 6.29. The van der Waals surface area contributed by atoms with Crippen LogP contribution in [0.4, 0.5) is 0 Å². The molecule has 2 aromatic rings. The third-order valence-corrected chi connectivity index (χ3v) is 6.39. The van der Waals surface area contributed by atoms with Crippen LogP contribution < -0.4 is 10.1 Å². The molecule has 0 heterocycles. The molecule has 2 aromatic carbocycles. The maximum Gasteiger partial charge on any atom is 0.303 e. The number of aliphatic carboxylic acids is 1. The molecule has 1 aliphatic rings. The van der Waals surface area contributed by atoms with E-state index in [4.69, 9.17) is 9.84 Å². The van der Waals surface area contributed by atoms with E-state index < -0.39 is 5.97 Å². The highest BCUT2D eigenvalue weighted by molar-refractivity contribution is 5.66. The normalized spacial score (nSPS) is 19.2. The third kappa shape index (κ3) is 7.39. The lowest BCUT2D eigenvalue weighted by Crippen LogP contribution is -2.30. The molecule has 0 amide bonds. The lowest BCUT2D eigenvalue weighted by molar-refractivity contribution is -0.137. The van der Waals surface area contributed by atoms with Crippen molar-refractivity contribution >= 4 is 5.97 Å². The second-order valence-corrected chi connectivity index (χ2v) is 9.86. The summed E-state index contributed by atoms with van der Waals surface area (Å²) >= 11 is 0. The first-order valence-electron chi connectivity index (χ1n) is 11.6. The fraction of sp³-hybridized carbons (Fsp3) is 0.519. The predicted molar refractivity (Wildman–Crippen MR) is 126 cm³/mol. The molecular formula is C27H37NO3. The third-order valence-electron chi connectivity index (χ3n) is 6.39. The van der Waals surface area contributed by atoms with E-state index in [1.54, 1.807) is 0 Å². The van der Waals surface area contributed by atoms with Gasteiger partial charge in [0.25, 0.3) is 0 Å². The van der Waals surface area contributed by atoms with Crippen molar-refractivity contribution in [3.63, 3.8) is 0 Å². The van der Waals surface area contributed by atoms with E-state index in [9.17, 15) is 4.79 Å². The van der Waals surface area contributed by atoms with Crippen molar-refractivity contribution in [2.75, 3.05) is 6.54 Å². The topological polar surface area (TPSA) is 58.6 Å². The summed E-state index contributed by atoms with van der Waals surface area (Å²) in [7, 11) is 0. The number of ether oxygens (including phenoxy) is 1. The Hall–Kier alpha value is -2.33. The Bertz CT molecular complexity index is 830. The largest absolute Gasteiger partial charge is 0.490 e. The van der Waals surface area contributed by atoms with Gasteiger partial charge in [0.1, 0.15) is 5.75 Å². The second-order valence-electron chi connectivity index (χ2n) is 9.86. The molecular weight excluding hydrogens is 386 g/mol. The number of nitrogens with one attached hydrogen (secondary N) is 1. The number of hydrogen-bond donors (Lipinski definition) is 2. The Balaban J connectivity index is 1.50. The molecule has 4 heteroatoms. The highest BCUT2D eigenvalue weighted by Crippen LogP contribution is 2.38. The molecule has 3 rings (SSSR count). The molecule has 0 aromatic heterocycles. The van der Waals surface area contributed by atoms with Gasteiger partial charge < -0.3 is 15.2 Å². The number of rotatable bonds is 9. The summed E-state index contributed by atoms with van der Waals surface area (Å²) in [4.78, 5) is 10.6. The summed E-state index contributed by atoms with van der Waals surface area (Å²) in [6.45, 7) is 8.50. The molecule has 4 nitrogen and oxygen atoms in total. The number of carbonyl (C=O) groups is 1. The fourth-order valence-electron chi connectivity index (χ4n) is 4.42. The van der Waals surface area contributed by atoms with Gasteiger partial charge in [0.05, 0.1) is 6.10 Å². The zero-order chi connectivity index (χ0) is 22.3. The van der Waals surface area contributed by atoms with Crippen molar-refractivity contribution in [3.8, 4) is 16.9 Å². The van der Waals surface area contributed by atoms with E-state index in [1.165, 1.54) is 29.5 Å². The van der Waals surface area contributed by atoms with E-state index in [-0.39, 0.29) is 6.42 Å². The van der Waals surface area contributed by atoms with Gasteiger partial charge in [-0.15, -0.1) is 0 Å². The number of benzene rings is 2. The summed E-state index contributed by atoms with van der Waals surface area (Å²) in [5.74, 6) is 1.02. The van der Waals surface area contributed by atoms with Crippen molar-refractivity contribution < 1.29 is 14.6 Å². The van der Waals surface area contributed by atoms with E-state index >= 15 is 0 Å². The van der Waals surface area contributed by atoms with Gasteiger partial charge in [-0.05, 0) is 84.9 Å². The van der Waals surface area contributed by atoms with Gasteiger partial charge in [0, 0.05) is 13.0 Å². The van der Waals surface area contributed by atoms with Crippen LogP contribution in [0.15, 0.2) is 48.5 Å². The monoisotopic (exact) mass is 423 g/mol. The number of carboxylic acids is 1. The van der Waals surface area contributed by atoms with Gasteiger partial charge in [-0.3, -0.25) is 4.79 Å². The van der Waals surface area contributed by atoms with Crippen molar-refractivity contribution in [2.24, 2.45) is 11.3 Å². The van der Waals surface area contributed by atoms with Gasteiger partial charge in [-0.25, -0.2) is 0 Å². The van der Waals surface area contributed by atoms with Crippen molar-refractivity contribution in [1.29, 1.82) is 0 Å². The lowest BCUT2D eigenvalue weighted by Gasteiger charge is -2.36. The Morgan fingerprint density at radius 2 is 1.74 bits per heavy atom. The number of carboxylic acid groups (broad SMARTS) is 1. The van der Waals surface area contributed by atoms with Gasteiger partial charge in [0.15, 0.2) is 0 Å². The minimum Gasteiger partial charge on any atom is -0.490 e. The second kappa shape index (κ2) is 10.8. The zero-order valence-corrected chi connectivity index (χ0v) is 19.2.